The zero-order valence-electron chi connectivity index (χ0n) is 9.28. The molecule has 0 aliphatic rings. The molecular formula is C12H12ClFN2S. The summed E-state index contributed by atoms with van der Waals surface area (Å²) in [6.45, 7) is 2.80. The number of hydrogen-bond donors (Lipinski definition) is 1. The summed E-state index contributed by atoms with van der Waals surface area (Å²) < 4.78 is 13.0. The monoisotopic (exact) mass is 270 g/mol. The van der Waals surface area contributed by atoms with E-state index < -0.39 is 0 Å². The average molecular weight is 271 g/mol. The lowest BCUT2D eigenvalue weighted by atomic mass is 10.1. The summed E-state index contributed by atoms with van der Waals surface area (Å²) in [5.74, 6) is -0.326. The van der Waals surface area contributed by atoms with E-state index in [4.69, 9.17) is 11.6 Å². The first-order valence-corrected chi connectivity index (χ1v) is 6.56. The van der Waals surface area contributed by atoms with Gasteiger partial charge in [-0.25, -0.2) is 9.37 Å². The van der Waals surface area contributed by atoms with Gasteiger partial charge in [-0.05, 0) is 24.2 Å². The molecule has 1 N–H and O–H groups in total. The zero-order chi connectivity index (χ0) is 12.3. The van der Waals surface area contributed by atoms with Crippen LogP contribution in [-0.4, -0.2) is 11.5 Å². The van der Waals surface area contributed by atoms with Crippen LogP contribution in [0.1, 0.15) is 23.5 Å². The van der Waals surface area contributed by atoms with Crippen molar-refractivity contribution in [1.82, 2.24) is 10.3 Å². The van der Waals surface area contributed by atoms with Gasteiger partial charge in [0.2, 0.25) is 0 Å². The molecule has 1 aromatic heterocycles. The topological polar surface area (TPSA) is 24.9 Å². The summed E-state index contributed by atoms with van der Waals surface area (Å²) in [4.78, 5) is 4.28. The largest absolute Gasteiger partial charge is 0.304 e. The van der Waals surface area contributed by atoms with Crippen molar-refractivity contribution in [2.24, 2.45) is 0 Å². The van der Waals surface area contributed by atoms with Gasteiger partial charge in [-0.2, -0.15) is 0 Å². The predicted molar refractivity (Wildman–Crippen MR) is 69.0 cm³/mol. The number of rotatable bonds is 4. The van der Waals surface area contributed by atoms with E-state index in [1.165, 1.54) is 12.1 Å². The Morgan fingerprint density at radius 1 is 1.53 bits per heavy atom. The maximum atomic E-state index is 13.0. The number of nitrogens with one attached hydrogen (secondary N) is 1. The molecule has 0 fully saturated rings. The molecule has 0 radical (unpaired) electrons. The van der Waals surface area contributed by atoms with Crippen LogP contribution in [0.15, 0.2) is 29.8 Å². The van der Waals surface area contributed by atoms with Crippen molar-refractivity contribution in [3.05, 3.63) is 51.2 Å². The van der Waals surface area contributed by atoms with Crippen LogP contribution in [-0.2, 0) is 0 Å². The lowest BCUT2D eigenvalue weighted by Gasteiger charge is -2.17. The molecule has 1 aromatic carbocycles. The van der Waals surface area contributed by atoms with E-state index >= 15 is 0 Å². The quantitative estimate of drug-likeness (QED) is 0.918. The van der Waals surface area contributed by atoms with Crippen LogP contribution in [0.3, 0.4) is 0 Å². The summed E-state index contributed by atoms with van der Waals surface area (Å²) in [5, 5.41) is 6.57. The molecule has 2 nitrogen and oxygen atoms in total. The fourth-order valence-corrected chi connectivity index (χ4v) is 2.65. The Balaban J connectivity index is 2.39. The Kier molecular flexibility index (Phi) is 4.10. The minimum Gasteiger partial charge on any atom is -0.304 e. The van der Waals surface area contributed by atoms with Crippen LogP contribution in [0, 0.1) is 5.82 Å². The van der Waals surface area contributed by atoms with Crippen LogP contribution < -0.4 is 5.32 Å². The number of halogens is 2. The molecule has 1 unspecified atom stereocenters. The van der Waals surface area contributed by atoms with Gasteiger partial charge in [0.05, 0.1) is 6.04 Å². The Morgan fingerprint density at radius 2 is 2.35 bits per heavy atom. The van der Waals surface area contributed by atoms with Crippen molar-refractivity contribution >= 4 is 22.9 Å². The first-order valence-electron chi connectivity index (χ1n) is 5.30. The van der Waals surface area contributed by atoms with Crippen LogP contribution in [0.5, 0.6) is 0 Å². The molecule has 17 heavy (non-hydrogen) atoms. The minimum absolute atomic E-state index is 0.0758. The van der Waals surface area contributed by atoms with Gasteiger partial charge in [0.1, 0.15) is 10.8 Å². The molecule has 0 bridgehead atoms. The van der Waals surface area contributed by atoms with Crippen LogP contribution in [0.25, 0.3) is 0 Å². The van der Waals surface area contributed by atoms with Crippen molar-refractivity contribution in [2.75, 3.05) is 6.54 Å². The Morgan fingerprint density at radius 3 is 2.94 bits per heavy atom. The second kappa shape index (κ2) is 5.58. The fraction of sp³-hybridized carbons (Fsp3) is 0.250. The molecule has 0 spiro atoms. The highest BCUT2D eigenvalue weighted by Gasteiger charge is 2.18. The van der Waals surface area contributed by atoms with Gasteiger partial charge in [-0.15, -0.1) is 11.3 Å². The predicted octanol–water partition coefficient (Wildman–Crippen LogP) is 3.63. The molecule has 5 heteroatoms. The van der Waals surface area contributed by atoms with Gasteiger partial charge < -0.3 is 5.32 Å². The van der Waals surface area contributed by atoms with Gasteiger partial charge in [0.15, 0.2) is 0 Å². The van der Waals surface area contributed by atoms with E-state index in [0.29, 0.717) is 5.02 Å². The number of thiazole rings is 1. The molecule has 0 amide bonds. The molecule has 0 saturated heterocycles. The van der Waals surface area contributed by atoms with E-state index in [1.807, 2.05) is 12.3 Å². The molecule has 1 heterocycles. The van der Waals surface area contributed by atoms with E-state index in [2.05, 4.69) is 10.3 Å². The highest BCUT2D eigenvalue weighted by atomic mass is 35.5. The molecule has 90 valence electrons. The van der Waals surface area contributed by atoms with Gasteiger partial charge >= 0.3 is 0 Å². The normalized spacial score (nSPS) is 12.6. The smallest absolute Gasteiger partial charge is 0.124 e. The molecule has 0 aliphatic heterocycles. The zero-order valence-corrected chi connectivity index (χ0v) is 10.9. The van der Waals surface area contributed by atoms with E-state index in [-0.39, 0.29) is 11.9 Å². The third kappa shape index (κ3) is 2.83. The minimum atomic E-state index is -0.326. The highest BCUT2D eigenvalue weighted by Crippen LogP contribution is 2.29. The van der Waals surface area contributed by atoms with Gasteiger partial charge in [0.25, 0.3) is 0 Å². The van der Waals surface area contributed by atoms with Crippen molar-refractivity contribution in [2.45, 2.75) is 13.0 Å². The lowest BCUT2D eigenvalue weighted by molar-refractivity contribution is 0.612. The number of aromatic nitrogens is 1. The lowest BCUT2D eigenvalue weighted by Crippen LogP contribution is -2.22. The van der Waals surface area contributed by atoms with Gasteiger partial charge in [0, 0.05) is 16.6 Å². The summed E-state index contributed by atoms with van der Waals surface area (Å²) in [5.41, 5.74) is 0.852. The molecule has 2 aromatic rings. The summed E-state index contributed by atoms with van der Waals surface area (Å²) in [6, 6.07) is 4.37. The second-order valence-corrected chi connectivity index (χ2v) is 4.86. The maximum absolute atomic E-state index is 13.0. The van der Waals surface area contributed by atoms with E-state index in [1.54, 1.807) is 23.6 Å². The Labute approximate surface area is 108 Å². The Bertz CT molecular complexity index is 487. The first-order chi connectivity index (χ1) is 8.22. The van der Waals surface area contributed by atoms with Crippen molar-refractivity contribution in [3.8, 4) is 0 Å². The maximum Gasteiger partial charge on any atom is 0.124 e. The fourth-order valence-electron chi connectivity index (χ4n) is 1.65. The molecule has 0 aliphatic carbocycles. The van der Waals surface area contributed by atoms with Crippen LogP contribution in [0.2, 0.25) is 5.02 Å². The first kappa shape index (κ1) is 12.5. The standard InChI is InChI=1S/C12H12ClFN2S/c1-2-15-11(12-16-5-6-17-12)9-4-3-8(14)7-10(9)13/h3-7,11,15H,2H2,1H3. The van der Waals surface area contributed by atoms with Crippen molar-refractivity contribution in [3.63, 3.8) is 0 Å². The SMILES string of the molecule is CCNC(c1nccs1)c1ccc(F)cc1Cl. The van der Waals surface area contributed by atoms with E-state index in [9.17, 15) is 4.39 Å². The van der Waals surface area contributed by atoms with Gasteiger partial charge in [-0.3, -0.25) is 0 Å². The molecule has 0 saturated carbocycles. The summed E-state index contributed by atoms with van der Waals surface area (Å²) in [6.07, 6.45) is 1.75. The molecule has 2 rings (SSSR count). The summed E-state index contributed by atoms with van der Waals surface area (Å²) >= 11 is 7.63. The number of hydrogen-bond acceptors (Lipinski definition) is 3. The Hall–Kier alpha value is -0.970. The highest BCUT2D eigenvalue weighted by molar-refractivity contribution is 7.09. The molecular weight excluding hydrogens is 259 g/mol. The van der Waals surface area contributed by atoms with Crippen LogP contribution >= 0.6 is 22.9 Å². The average Bonchev–Trinajstić information content (AvgIpc) is 2.80. The molecule has 1 atom stereocenters. The van der Waals surface area contributed by atoms with Crippen LogP contribution in [0.4, 0.5) is 4.39 Å². The third-order valence-corrected chi connectivity index (χ3v) is 3.55. The number of benzene rings is 1. The summed E-state index contributed by atoms with van der Waals surface area (Å²) in [7, 11) is 0. The van der Waals surface area contributed by atoms with Crippen molar-refractivity contribution in [1.29, 1.82) is 0 Å². The van der Waals surface area contributed by atoms with Crippen molar-refractivity contribution < 1.29 is 4.39 Å². The van der Waals surface area contributed by atoms with E-state index in [0.717, 1.165) is 17.1 Å². The number of nitrogens with zero attached hydrogens (tertiary/aromatic N) is 1. The third-order valence-electron chi connectivity index (χ3n) is 2.38. The van der Waals surface area contributed by atoms with Gasteiger partial charge in [-0.1, -0.05) is 24.6 Å². The second-order valence-electron chi connectivity index (χ2n) is 3.53.